The van der Waals surface area contributed by atoms with Crippen LogP contribution in [0.4, 0.5) is 0 Å². The summed E-state index contributed by atoms with van der Waals surface area (Å²) >= 11 is 0. The number of rotatable bonds is 8. The minimum Gasteiger partial charge on any atom is -0.488 e. The number of aryl methyl sites for hydroxylation is 2. The number of pyridine rings is 1. The van der Waals surface area contributed by atoms with E-state index in [2.05, 4.69) is 10.3 Å². The number of amides is 1. The zero-order valence-corrected chi connectivity index (χ0v) is 15.3. The van der Waals surface area contributed by atoms with Gasteiger partial charge in [0, 0.05) is 23.5 Å². The van der Waals surface area contributed by atoms with Crippen LogP contribution in [0.1, 0.15) is 46.8 Å². The number of hydrogen-bond acceptors (Lipinski definition) is 4. The highest BCUT2D eigenvalue weighted by Gasteiger charge is 2.20. The first-order chi connectivity index (χ1) is 12.4. The van der Waals surface area contributed by atoms with E-state index in [0.717, 1.165) is 16.7 Å². The molecule has 0 radical (unpaired) electrons. The van der Waals surface area contributed by atoms with E-state index in [1.54, 1.807) is 24.5 Å². The van der Waals surface area contributed by atoms with Gasteiger partial charge in [-0.3, -0.25) is 9.78 Å². The van der Waals surface area contributed by atoms with Crippen LogP contribution in [0.3, 0.4) is 0 Å². The Morgan fingerprint density at radius 1 is 1.27 bits per heavy atom. The highest BCUT2D eigenvalue weighted by Crippen LogP contribution is 2.26. The lowest BCUT2D eigenvalue weighted by Crippen LogP contribution is -2.40. The Kier molecular flexibility index (Phi) is 6.72. The predicted octanol–water partition coefficient (Wildman–Crippen LogP) is 3.26. The molecule has 1 heterocycles. The monoisotopic (exact) mass is 356 g/mol. The molecule has 0 saturated carbocycles. The van der Waals surface area contributed by atoms with E-state index in [1.165, 1.54) is 0 Å². The van der Waals surface area contributed by atoms with Crippen molar-refractivity contribution in [3.8, 4) is 5.75 Å². The number of benzene rings is 1. The van der Waals surface area contributed by atoms with Crippen molar-refractivity contribution in [3.63, 3.8) is 0 Å². The highest BCUT2D eigenvalue weighted by atomic mass is 16.5. The van der Waals surface area contributed by atoms with Crippen LogP contribution in [0.15, 0.2) is 36.7 Å². The van der Waals surface area contributed by atoms with E-state index in [-0.39, 0.29) is 0 Å². The number of nitrogens with zero attached hydrogens (tertiary/aromatic N) is 1. The number of aliphatic carboxylic acids is 1. The first kappa shape index (κ1) is 19.4. The molecule has 0 fully saturated rings. The molecule has 2 aromatic rings. The van der Waals surface area contributed by atoms with Crippen LogP contribution in [-0.2, 0) is 11.4 Å². The molecule has 1 aromatic carbocycles. The van der Waals surface area contributed by atoms with E-state index < -0.39 is 17.9 Å². The topological polar surface area (TPSA) is 88.5 Å². The fourth-order valence-electron chi connectivity index (χ4n) is 2.74. The molecule has 1 atom stereocenters. The summed E-state index contributed by atoms with van der Waals surface area (Å²) in [6, 6.07) is 6.33. The van der Waals surface area contributed by atoms with Crippen molar-refractivity contribution in [3.05, 3.63) is 58.9 Å². The Morgan fingerprint density at radius 2 is 1.96 bits per heavy atom. The number of nitrogens with one attached hydrogen (secondary N) is 1. The average molecular weight is 356 g/mol. The Bertz CT molecular complexity index is 752. The van der Waals surface area contributed by atoms with Gasteiger partial charge in [0.25, 0.3) is 5.91 Å². The molecule has 0 aliphatic heterocycles. The van der Waals surface area contributed by atoms with Crippen LogP contribution in [-0.4, -0.2) is 28.0 Å². The van der Waals surface area contributed by atoms with Gasteiger partial charge in [0.05, 0.1) is 0 Å². The third-order valence-corrected chi connectivity index (χ3v) is 4.01. The summed E-state index contributed by atoms with van der Waals surface area (Å²) in [5.41, 5.74) is 3.02. The number of carboxylic acids is 1. The normalized spacial score (nSPS) is 11.7. The van der Waals surface area contributed by atoms with E-state index >= 15 is 0 Å². The third kappa shape index (κ3) is 5.05. The molecule has 0 saturated heterocycles. The van der Waals surface area contributed by atoms with Gasteiger partial charge < -0.3 is 15.2 Å². The van der Waals surface area contributed by atoms with Gasteiger partial charge in [-0.1, -0.05) is 19.4 Å². The lowest BCUT2D eigenvalue weighted by atomic mass is 10.0. The van der Waals surface area contributed by atoms with Crippen LogP contribution in [0, 0.1) is 13.8 Å². The summed E-state index contributed by atoms with van der Waals surface area (Å²) in [6.07, 6.45) is 4.52. The summed E-state index contributed by atoms with van der Waals surface area (Å²) in [5, 5.41) is 11.8. The maximum absolute atomic E-state index is 12.4. The number of carbonyl (C=O) groups is 2. The first-order valence-corrected chi connectivity index (χ1v) is 8.59. The minimum absolute atomic E-state index is 0.388. The van der Waals surface area contributed by atoms with Crippen LogP contribution in [0.25, 0.3) is 0 Å². The van der Waals surface area contributed by atoms with E-state index in [1.807, 2.05) is 32.9 Å². The molecule has 2 rings (SSSR count). The van der Waals surface area contributed by atoms with Gasteiger partial charge in [-0.15, -0.1) is 0 Å². The summed E-state index contributed by atoms with van der Waals surface area (Å²) in [6.45, 7) is 6.00. The maximum atomic E-state index is 12.4. The largest absolute Gasteiger partial charge is 0.488 e. The van der Waals surface area contributed by atoms with Gasteiger partial charge in [0.1, 0.15) is 18.4 Å². The fourth-order valence-corrected chi connectivity index (χ4v) is 2.74. The van der Waals surface area contributed by atoms with Crippen molar-refractivity contribution in [1.29, 1.82) is 0 Å². The van der Waals surface area contributed by atoms with Gasteiger partial charge in [-0.25, -0.2) is 4.79 Å². The second-order valence-electron chi connectivity index (χ2n) is 6.24. The summed E-state index contributed by atoms with van der Waals surface area (Å²) < 4.78 is 5.88. The van der Waals surface area contributed by atoms with Gasteiger partial charge >= 0.3 is 5.97 Å². The van der Waals surface area contributed by atoms with E-state index in [9.17, 15) is 14.7 Å². The molecule has 0 aliphatic carbocycles. The molecule has 1 aromatic heterocycles. The molecular formula is C20H24N2O4. The molecule has 1 amide bonds. The third-order valence-electron chi connectivity index (χ3n) is 4.01. The standard InChI is InChI=1S/C20H24N2O4/c1-4-6-17(20(24)25)22-19(23)16-9-13(2)18(14(3)10-16)26-12-15-7-5-8-21-11-15/h5,7-11,17H,4,6,12H2,1-3H3,(H,22,23)(H,24,25). The molecule has 0 bridgehead atoms. The Balaban J connectivity index is 2.12. The van der Waals surface area contributed by atoms with Gasteiger partial charge in [-0.2, -0.15) is 0 Å². The van der Waals surface area contributed by atoms with E-state index in [0.29, 0.717) is 30.8 Å². The van der Waals surface area contributed by atoms with Crippen LogP contribution in [0.5, 0.6) is 5.75 Å². The Labute approximate surface area is 153 Å². The molecule has 2 N–H and O–H groups in total. The van der Waals surface area contributed by atoms with Crippen molar-refractivity contribution in [2.45, 2.75) is 46.3 Å². The van der Waals surface area contributed by atoms with Gasteiger partial charge in [0.2, 0.25) is 0 Å². The zero-order chi connectivity index (χ0) is 19.1. The number of carboxylic acid groups (broad SMARTS) is 1. The van der Waals surface area contributed by atoms with Crippen molar-refractivity contribution in [2.24, 2.45) is 0 Å². The molecular weight excluding hydrogens is 332 g/mol. The summed E-state index contributed by atoms with van der Waals surface area (Å²) in [7, 11) is 0. The van der Waals surface area contributed by atoms with Crippen molar-refractivity contribution < 1.29 is 19.4 Å². The lowest BCUT2D eigenvalue weighted by molar-refractivity contribution is -0.139. The average Bonchev–Trinajstić information content (AvgIpc) is 2.61. The Morgan fingerprint density at radius 3 is 2.50 bits per heavy atom. The molecule has 6 heteroatoms. The van der Waals surface area contributed by atoms with Crippen molar-refractivity contribution in [2.75, 3.05) is 0 Å². The van der Waals surface area contributed by atoms with Crippen molar-refractivity contribution in [1.82, 2.24) is 10.3 Å². The maximum Gasteiger partial charge on any atom is 0.326 e. The van der Waals surface area contributed by atoms with Gasteiger partial charge in [0.15, 0.2) is 0 Å². The molecule has 0 spiro atoms. The minimum atomic E-state index is -1.02. The van der Waals surface area contributed by atoms with Crippen LogP contribution in [0.2, 0.25) is 0 Å². The number of aromatic nitrogens is 1. The summed E-state index contributed by atoms with van der Waals surface area (Å²) in [5.74, 6) is -0.699. The lowest BCUT2D eigenvalue weighted by Gasteiger charge is -2.16. The molecule has 138 valence electrons. The molecule has 1 unspecified atom stereocenters. The predicted molar refractivity (Wildman–Crippen MR) is 98.3 cm³/mol. The number of carbonyl (C=O) groups excluding carboxylic acids is 1. The summed E-state index contributed by atoms with van der Waals surface area (Å²) in [4.78, 5) is 27.7. The second-order valence-corrected chi connectivity index (χ2v) is 6.24. The van der Waals surface area contributed by atoms with Gasteiger partial charge in [-0.05, 0) is 49.6 Å². The molecule has 26 heavy (non-hydrogen) atoms. The quantitative estimate of drug-likeness (QED) is 0.758. The molecule has 6 nitrogen and oxygen atoms in total. The van der Waals surface area contributed by atoms with Crippen LogP contribution < -0.4 is 10.1 Å². The SMILES string of the molecule is CCCC(NC(=O)c1cc(C)c(OCc2cccnc2)c(C)c1)C(=O)O. The zero-order valence-electron chi connectivity index (χ0n) is 15.3. The number of hydrogen-bond donors (Lipinski definition) is 2. The van der Waals surface area contributed by atoms with Crippen LogP contribution >= 0.6 is 0 Å². The highest BCUT2D eigenvalue weighted by molar-refractivity contribution is 5.97. The fraction of sp³-hybridized carbons (Fsp3) is 0.350. The van der Waals surface area contributed by atoms with E-state index in [4.69, 9.17) is 4.74 Å². The second kappa shape index (κ2) is 8.99. The number of ether oxygens (including phenoxy) is 1. The van der Waals surface area contributed by atoms with Crippen molar-refractivity contribution >= 4 is 11.9 Å². The Hall–Kier alpha value is -2.89. The molecule has 0 aliphatic rings. The smallest absolute Gasteiger partial charge is 0.326 e. The first-order valence-electron chi connectivity index (χ1n) is 8.59.